The lowest BCUT2D eigenvalue weighted by molar-refractivity contribution is -0.140. The topological polar surface area (TPSA) is 92.6 Å². The zero-order chi connectivity index (χ0) is 26.5. The van der Waals surface area contributed by atoms with Crippen LogP contribution in [0, 0.1) is 11.8 Å². The second-order valence-electron chi connectivity index (χ2n) is 9.58. The number of carboxylic acid groups (broad SMARTS) is 1. The highest BCUT2D eigenvalue weighted by molar-refractivity contribution is 7.14. The van der Waals surface area contributed by atoms with Crippen LogP contribution >= 0.6 is 11.3 Å². The highest BCUT2D eigenvalue weighted by atomic mass is 32.1. The van der Waals surface area contributed by atoms with Gasteiger partial charge in [0, 0.05) is 35.8 Å². The van der Waals surface area contributed by atoms with Gasteiger partial charge in [0.15, 0.2) is 5.13 Å². The van der Waals surface area contributed by atoms with E-state index in [0.29, 0.717) is 23.4 Å². The fourth-order valence-corrected chi connectivity index (χ4v) is 5.13. The number of thiazole rings is 1. The Kier molecular flexibility index (Phi) is 7.79. The summed E-state index contributed by atoms with van der Waals surface area (Å²) in [6.07, 6.45) is 4.38. The van der Waals surface area contributed by atoms with Gasteiger partial charge < -0.3 is 9.84 Å². The second kappa shape index (κ2) is 11.6. The lowest BCUT2D eigenvalue weighted by Crippen LogP contribution is -2.35. The summed E-state index contributed by atoms with van der Waals surface area (Å²) in [5.41, 5.74) is 4.52. The largest absolute Gasteiger partial charge is 0.481 e. The van der Waals surface area contributed by atoms with Gasteiger partial charge in [-0.05, 0) is 42.4 Å². The number of carbonyl (C=O) groups excluding carboxylic acids is 1. The maximum atomic E-state index is 13.4. The number of benzene rings is 2. The molecule has 0 saturated heterocycles. The number of anilines is 1. The fraction of sp³-hybridized carbons (Fsp3) is 0.267. The predicted molar refractivity (Wildman–Crippen MR) is 148 cm³/mol. The predicted octanol–water partition coefficient (Wildman–Crippen LogP) is 5.96. The molecule has 1 saturated carbocycles. The number of pyridine rings is 1. The molecule has 0 spiro atoms. The quantitative estimate of drug-likeness (QED) is 0.259. The maximum absolute atomic E-state index is 13.4. The van der Waals surface area contributed by atoms with Crippen LogP contribution in [0.15, 0.2) is 78.3 Å². The van der Waals surface area contributed by atoms with E-state index in [1.54, 1.807) is 7.05 Å². The Balaban J connectivity index is 1.34. The number of rotatable bonds is 11. The van der Waals surface area contributed by atoms with E-state index in [1.165, 1.54) is 29.1 Å². The Morgan fingerprint density at radius 1 is 1.05 bits per heavy atom. The molecule has 1 aliphatic carbocycles. The first kappa shape index (κ1) is 25.6. The SMILES string of the molecule is CN(C(=O)[C@@H](CC(=O)O)Cc1ccccc1)c1nc(-c2ccccc2-c2ccc(OCC3CC3)nc2)cs1. The number of ether oxygens (including phenoxy) is 1. The first-order valence-corrected chi connectivity index (χ1v) is 13.5. The molecule has 194 valence electrons. The van der Waals surface area contributed by atoms with Gasteiger partial charge in [0.05, 0.1) is 24.6 Å². The number of carbonyl (C=O) groups is 2. The number of nitrogens with zero attached hydrogens (tertiary/aromatic N) is 3. The van der Waals surface area contributed by atoms with Gasteiger partial charge in [-0.25, -0.2) is 9.97 Å². The summed E-state index contributed by atoms with van der Waals surface area (Å²) in [6.45, 7) is 0.718. The van der Waals surface area contributed by atoms with E-state index in [-0.39, 0.29) is 12.3 Å². The number of aromatic nitrogens is 2. The molecule has 1 N–H and O–H groups in total. The van der Waals surface area contributed by atoms with Crippen LogP contribution < -0.4 is 9.64 Å². The van der Waals surface area contributed by atoms with Crippen LogP contribution in [0.2, 0.25) is 0 Å². The summed E-state index contributed by atoms with van der Waals surface area (Å²) in [7, 11) is 1.65. The first-order valence-electron chi connectivity index (χ1n) is 12.7. The van der Waals surface area contributed by atoms with Crippen molar-refractivity contribution in [2.24, 2.45) is 11.8 Å². The summed E-state index contributed by atoms with van der Waals surface area (Å²) >= 11 is 1.36. The maximum Gasteiger partial charge on any atom is 0.304 e. The molecule has 0 radical (unpaired) electrons. The van der Waals surface area contributed by atoms with Crippen molar-refractivity contribution in [2.75, 3.05) is 18.6 Å². The van der Waals surface area contributed by atoms with Crippen LogP contribution in [0.3, 0.4) is 0 Å². The minimum Gasteiger partial charge on any atom is -0.481 e. The van der Waals surface area contributed by atoms with Crippen molar-refractivity contribution in [3.63, 3.8) is 0 Å². The molecular formula is C30H29N3O4S. The molecule has 0 unspecified atom stereocenters. The molecule has 38 heavy (non-hydrogen) atoms. The van der Waals surface area contributed by atoms with Crippen molar-refractivity contribution in [3.8, 4) is 28.3 Å². The van der Waals surface area contributed by atoms with Gasteiger partial charge in [-0.2, -0.15) is 0 Å². The molecule has 1 amide bonds. The van der Waals surface area contributed by atoms with E-state index in [2.05, 4.69) is 4.98 Å². The van der Waals surface area contributed by atoms with Crippen molar-refractivity contribution >= 4 is 28.3 Å². The van der Waals surface area contributed by atoms with Gasteiger partial charge in [0.1, 0.15) is 0 Å². The number of hydrogen-bond acceptors (Lipinski definition) is 6. The molecule has 8 heteroatoms. The Bertz CT molecular complexity index is 1400. The molecular weight excluding hydrogens is 498 g/mol. The molecule has 2 aromatic carbocycles. The Morgan fingerprint density at radius 3 is 2.47 bits per heavy atom. The number of amides is 1. The van der Waals surface area contributed by atoms with E-state index in [4.69, 9.17) is 9.72 Å². The average Bonchev–Trinajstić information content (AvgIpc) is 3.65. The Labute approximate surface area is 225 Å². The molecule has 1 atom stereocenters. The van der Waals surface area contributed by atoms with E-state index in [0.717, 1.165) is 34.6 Å². The second-order valence-corrected chi connectivity index (χ2v) is 10.4. The summed E-state index contributed by atoms with van der Waals surface area (Å²) in [5.74, 6) is -0.666. The van der Waals surface area contributed by atoms with Gasteiger partial charge in [0.25, 0.3) is 0 Å². The van der Waals surface area contributed by atoms with Gasteiger partial charge in [-0.3, -0.25) is 14.5 Å². The standard InChI is InChI=1S/C30H29N3O4S/c1-33(29(36)23(16-28(34)35)15-20-7-3-2-4-8-20)30-32-26(19-38-30)25-10-6-5-9-24(25)22-13-14-27(31-17-22)37-18-21-11-12-21/h2-10,13-14,17,19,21,23H,11-12,15-16,18H2,1H3,(H,34,35)/t23-/m1/s1. The van der Waals surface area contributed by atoms with Crippen LogP contribution in [0.5, 0.6) is 5.88 Å². The molecule has 2 aromatic heterocycles. The third-order valence-electron chi connectivity index (χ3n) is 6.62. The minimum atomic E-state index is -1.00. The minimum absolute atomic E-state index is 0.244. The summed E-state index contributed by atoms with van der Waals surface area (Å²) in [5, 5.41) is 11.9. The van der Waals surface area contributed by atoms with Crippen LogP contribution in [-0.4, -0.2) is 40.6 Å². The normalized spacial score (nSPS) is 13.6. The van der Waals surface area contributed by atoms with Crippen molar-refractivity contribution in [2.45, 2.75) is 25.7 Å². The zero-order valence-corrected chi connectivity index (χ0v) is 21.9. The van der Waals surface area contributed by atoms with E-state index < -0.39 is 11.9 Å². The van der Waals surface area contributed by atoms with Crippen molar-refractivity contribution in [3.05, 3.63) is 83.9 Å². The highest BCUT2D eigenvalue weighted by Gasteiger charge is 2.27. The van der Waals surface area contributed by atoms with Gasteiger partial charge in [-0.1, -0.05) is 54.6 Å². The molecule has 2 heterocycles. The summed E-state index contributed by atoms with van der Waals surface area (Å²) in [4.78, 5) is 35.6. The summed E-state index contributed by atoms with van der Waals surface area (Å²) in [6, 6.07) is 21.3. The highest BCUT2D eigenvalue weighted by Crippen LogP contribution is 2.35. The zero-order valence-electron chi connectivity index (χ0n) is 21.1. The third kappa shape index (κ3) is 6.26. The van der Waals surface area contributed by atoms with Gasteiger partial charge in [0.2, 0.25) is 11.8 Å². The smallest absolute Gasteiger partial charge is 0.304 e. The van der Waals surface area contributed by atoms with Crippen molar-refractivity contribution < 1.29 is 19.4 Å². The molecule has 5 rings (SSSR count). The van der Waals surface area contributed by atoms with E-state index in [1.807, 2.05) is 78.3 Å². The molecule has 4 aromatic rings. The average molecular weight is 528 g/mol. The van der Waals surface area contributed by atoms with E-state index >= 15 is 0 Å². The summed E-state index contributed by atoms with van der Waals surface area (Å²) < 4.78 is 5.77. The fourth-order valence-electron chi connectivity index (χ4n) is 4.34. The van der Waals surface area contributed by atoms with Crippen LogP contribution in [0.4, 0.5) is 5.13 Å². The monoisotopic (exact) mass is 527 g/mol. The lowest BCUT2D eigenvalue weighted by atomic mass is 9.95. The lowest BCUT2D eigenvalue weighted by Gasteiger charge is -2.21. The molecule has 1 aliphatic rings. The van der Waals surface area contributed by atoms with Crippen LogP contribution in [0.25, 0.3) is 22.4 Å². The van der Waals surface area contributed by atoms with Gasteiger partial charge in [-0.15, -0.1) is 11.3 Å². The number of hydrogen-bond donors (Lipinski definition) is 1. The third-order valence-corrected chi connectivity index (χ3v) is 7.54. The van der Waals surface area contributed by atoms with E-state index in [9.17, 15) is 14.7 Å². The van der Waals surface area contributed by atoms with Crippen molar-refractivity contribution in [1.29, 1.82) is 0 Å². The Morgan fingerprint density at radius 2 is 1.79 bits per heavy atom. The van der Waals surface area contributed by atoms with Gasteiger partial charge >= 0.3 is 5.97 Å². The molecule has 7 nitrogen and oxygen atoms in total. The molecule has 1 fully saturated rings. The number of carboxylic acids is 1. The molecule has 0 bridgehead atoms. The molecule has 0 aliphatic heterocycles. The van der Waals surface area contributed by atoms with Crippen LogP contribution in [0.1, 0.15) is 24.8 Å². The van der Waals surface area contributed by atoms with Crippen LogP contribution in [-0.2, 0) is 16.0 Å². The van der Waals surface area contributed by atoms with Crippen molar-refractivity contribution in [1.82, 2.24) is 9.97 Å². The number of aliphatic carboxylic acids is 1. The Hall–Kier alpha value is -4.04. The first-order chi connectivity index (χ1) is 18.5.